The van der Waals surface area contributed by atoms with Gasteiger partial charge in [-0.2, -0.15) is 0 Å². The smallest absolute Gasteiger partial charge is 0.125 e. The van der Waals surface area contributed by atoms with Crippen LogP contribution in [0.3, 0.4) is 0 Å². The van der Waals surface area contributed by atoms with E-state index in [1.807, 2.05) is 0 Å². The monoisotopic (exact) mass is 264 g/mol. The predicted octanol–water partition coefficient (Wildman–Crippen LogP) is 2.46. The third-order valence-corrected chi connectivity index (χ3v) is 4.37. The van der Waals surface area contributed by atoms with Crippen molar-refractivity contribution in [2.45, 2.75) is 44.4 Å². The zero-order valence-electron chi connectivity index (χ0n) is 11.5. The van der Waals surface area contributed by atoms with Gasteiger partial charge in [0, 0.05) is 43.6 Å². The van der Waals surface area contributed by atoms with Gasteiger partial charge in [0.05, 0.1) is 0 Å². The van der Waals surface area contributed by atoms with E-state index in [0.717, 1.165) is 37.2 Å². The maximum atomic E-state index is 13.3. The first-order valence-electron chi connectivity index (χ1n) is 6.97. The fourth-order valence-electron chi connectivity index (χ4n) is 3.25. The molecule has 2 N–H and O–H groups in total. The number of hydrogen-bond acceptors (Lipinski definition) is 3. The maximum absolute atomic E-state index is 13.3. The highest BCUT2D eigenvalue weighted by atomic mass is 19.1. The van der Waals surface area contributed by atoms with Gasteiger partial charge in [-0.3, -0.25) is 4.90 Å². The first-order valence-corrected chi connectivity index (χ1v) is 6.97. The summed E-state index contributed by atoms with van der Waals surface area (Å²) >= 11 is 0. The highest BCUT2D eigenvalue weighted by molar-refractivity contribution is 5.39. The molecule has 1 fully saturated rings. The number of benzene rings is 1. The molecule has 2 heterocycles. The van der Waals surface area contributed by atoms with Crippen molar-refractivity contribution < 1.29 is 9.13 Å². The van der Waals surface area contributed by atoms with Crippen molar-refractivity contribution in [3.63, 3.8) is 0 Å². The summed E-state index contributed by atoms with van der Waals surface area (Å²) in [5.74, 6) is 0.509. The van der Waals surface area contributed by atoms with Crippen molar-refractivity contribution in [2.24, 2.45) is 5.73 Å². The standard InChI is InChI=1S/C15H21FN2O/c1-10(2)18-6-5-15(9-18)8-13(17)12-7-11(16)3-4-14(12)19-15/h3-4,7,10,13H,5-6,8-9,17H2,1-2H3/t13-,15?/m1/s1. The number of halogens is 1. The first-order chi connectivity index (χ1) is 8.99. The van der Waals surface area contributed by atoms with E-state index in [0.29, 0.717) is 6.04 Å². The second-order valence-corrected chi connectivity index (χ2v) is 6.09. The van der Waals surface area contributed by atoms with Crippen molar-refractivity contribution in [2.75, 3.05) is 13.1 Å². The quantitative estimate of drug-likeness (QED) is 0.847. The van der Waals surface area contributed by atoms with E-state index in [-0.39, 0.29) is 17.5 Å². The molecule has 0 bridgehead atoms. The summed E-state index contributed by atoms with van der Waals surface area (Å²) < 4.78 is 19.5. The number of rotatable bonds is 1. The molecule has 1 saturated heterocycles. The van der Waals surface area contributed by atoms with E-state index in [1.165, 1.54) is 12.1 Å². The second-order valence-electron chi connectivity index (χ2n) is 6.09. The summed E-state index contributed by atoms with van der Waals surface area (Å²) in [6, 6.07) is 5.05. The predicted molar refractivity (Wildman–Crippen MR) is 72.6 cm³/mol. The Morgan fingerprint density at radius 2 is 2.26 bits per heavy atom. The van der Waals surface area contributed by atoms with Gasteiger partial charge in [0.2, 0.25) is 0 Å². The van der Waals surface area contributed by atoms with Crippen LogP contribution in [0, 0.1) is 5.82 Å². The van der Waals surface area contributed by atoms with E-state index in [2.05, 4.69) is 18.7 Å². The molecule has 0 saturated carbocycles. The summed E-state index contributed by atoms with van der Waals surface area (Å²) in [7, 11) is 0. The van der Waals surface area contributed by atoms with Crippen LogP contribution in [0.5, 0.6) is 5.75 Å². The average Bonchev–Trinajstić information content (AvgIpc) is 2.74. The molecule has 19 heavy (non-hydrogen) atoms. The number of likely N-dealkylation sites (tertiary alicyclic amines) is 1. The summed E-state index contributed by atoms with van der Waals surface area (Å²) in [5.41, 5.74) is 6.84. The Kier molecular flexibility index (Phi) is 3.02. The molecular formula is C15H21FN2O. The van der Waals surface area contributed by atoms with Crippen molar-refractivity contribution >= 4 is 0 Å². The van der Waals surface area contributed by atoms with Crippen LogP contribution in [0.2, 0.25) is 0 Å². The average molecular weight is 264 g/mol. The van der Waals surface area contributed by atoms with Crippen LogP contribution >= 0.6 is 0 Å². The van der Waals surface area contributed by atoms with E-state index >= 15 is 0 Å². The van der Waals surface area contributed by atoms with Gasteiger partial charge in [0.25, 0.3) is 0 Å². The lowest BCUT2D eigenvalue weighted by atomic mass is 9.87. The molecule has 104 valence electrons. The van der Waals surface area contributed by atoms with E-state index in [1.54, 1.807) is 6.07 Å². The van der Waals surface area contributed by atoms with Crippen LogP contribution in [0.4, 0.5) is 4.39 Å². The number of nitrogens with two attached hydrogens (primary N) is 1. The molecule has 0 radical (unpaired) electrons. The molecule has 2 atom stereocenters. The van der Waals surface area contributed by atoms with Gasteiger partial charge in [0.15, 0.2) is 0 Å². The lowest BCUT2D eigenvalue weighted by Gasteiger charge is -2.39. The van der Waals surface area contributed by atoms with Crippen molar-refractivity contribution in [1.82, 2.24) is 4.90 Å². The third kappa shape index (κ3) is 2.23. The molecule has 1 aromatic rings. The van der Waals surface area contributed by atoms with Crippen molar-refractivity contribution in [1.29, 1.82) is 0 Å². The number of hydrogen-bond donors (Lipinski definition) is 1. The number of nitrogens with zero attached hydrogens (tertiary/aromatic N) is 1. The molecule has 0 amide bonds. The lowest BCUT2D eigenvalue weighted by molar-refractivity contribution is 0.0407. The topological polar surface area (TPSA) is 38.5 Å². The fourth-order valence-corrected chi connectivity index (χ4v) is 3.25. The number of ether oxygens (including phenoxy) is 1. The minimum atomic E-state index is -0.246. The molecule has 3 rings (SSSR count). The highest BCUT2D eigenvalue weighted by Gasteiger charge is 2.45. The molecular weight excluding hydrogens is 243 g/mol. The Bertz CT molecular complexity index is 491. The van der Waals surface area contributed by atoms with Gasteiger partial charge in [0.1, 0.15) is 17.2 Å². The van der Waals surface area contributed by atoms with Crippen LogP contribution in [0.15, 0.2) is 18.2 Å². The number of fused-ring (bicyclic) bond motifs is 1. The van der Waals surface area contributed by atoms with Gasteiger partial charge >= 0.3 is 0 Å². The molecule has 1 unspecified atom stereocenters. The normalized spacial score (nSPS) is 30.7. The van der Waals surface area contributed by atoms with Crippen LogP contribution < -0.4 is 10.5 Å². The molecule has 1 spiro atoms. The minimum Gasteiger partial charge on any atom is -0.485 e. The van der Waals surface area contributed by atoms with Gasteiger partial charge in [-0.15, -0.1) is 0 Å². The fraction of sp³-hybridized carbons (Fsp3) is 0.600. The minimum absolute atomic E-state index is 0.133. The lowest BCUT2D eigenvalue weighted by Crippen LogP contribution is -2.46. The van der Waals surface area contributed by atoms with Gasteiger partial charge in [-0.25, -0.2) is 4.39 Å². The first kappa shape index (κ1) is 12.9. The van der Waals surface area contributed by atoms with E-state index in [4.69, 9.17) is 10.5 Å². The SMILES string of the molecule is CC(C)N1CCC2(C[C@@H](N)c3cc(F)ccc3O2)C1. The van der Waals surface area contributed by atoms with Gasteiger partial charge < -0.3 is 10.5 Å². The largest absolute Gasteiger partial charge is 0.485 e. The summed E-state index contributed by atoms with van der Waals surface area (Å²) in [5, 5.41) is 0. The molecule has 0 aliphatic carbocycles. The summed E-state index contributed by atoms with van der Waals surface area (Å²) in [6.45, 7) is 6.35. The highest BCUT2D eigenvalue weighted by Crippen LogP contribution is 2.43. The van der Waals surface area contributed by atoms with E-state index < -0.39 is 0 Å². The van der Waals surface area contributed by atoms with Crippen LogP contribution in [-0.2, 0) is 0 Å². The van der Waals surface area contributed by atoms with Gasteiger partial charge in [-0.1, -0.05) is 0 Å². The Labute approximate surface area is 113 Å². The summed E-state index contributed by atoms with van der Waals surface area (Å²) in [4.78, 5) is 2.42. The molecule has 3 nitrogen and oxygen atoms in total. The molecule has 0 aromatic heterocycles. The van der Waals surface area contributed by atoms with Crippen LogP contribution in [0.25, 0.3) is 0 Å². The maximum Gasteiger partial charge on any atom is 0.125 e. The van der Waals surface area contributed by atoms with Crippen molar-refractivity contribution in [3.05, 3.63) is 29.6 Å². The third-order valence-electron chi connectivity index (χ3n) is 4.37. The molecule has 1 aromatic carbocycles. The summed E-state index contributed by atoms with van der Waals surface area (Å²) in [6.07, 6.45) is 1.77. The zero-order valence-corrected chi connectivity index (χ0v) is 11.5. The Morgan fingerprint density at radius 3 is 2.95 bits per heavy atom. The zero-order chi connectivity index (χ0) is 13.6. The van der Waals surface area contributed by atoms with Gasteiger partial charge in [-0.05, 0) is 32.0 Å². The Hall–Kier alpha value is -1.13. The Balaban J connectivity index is 1.87. The second kappa shape index (κ2) is 4.46. The molecule has 2 aliphatic heterocycles. The van der Waals surface area contributed by atoms with E-state index in [9.17, 15) is 4.39 Å². The Morgan fingerprint density at radius 1 is 1.47 bits per heavy atom. The van der Waals surface area contributed by atoms with Crippen LogP contribution in [-0.4, -0.2) is 29.6 Å². The molecule has 2 aliphatic rings. The van der Waals surface area contributed by atoms with Crippen molar-refractivity contribution in [3.8, 4) is 5.75 Å². The molecule has 4 heteroatoms. The van der Waals surface area contributed by atoms with Crippen LogP contribution in [0.1, 0.15) is 38.3 Å².